The second-order valence-electron chi connectivity index (χ2n) is 8.60. The van der Waals surface area contributed by atoms with Gasteiger partial charge in [-0.2, -0.15) is 10.1 Å². The molecule has 10 heteroatoms. The molecule has 1 aliphatic heterocycles. The Labute approximate surface area is 218 Å². The number of ether oxygens (including phenoxy) is 3. The minimum Gasteiger partial charge on any atom is -0.497 e. The number of methoxy groups -OCH3 is 2. The number of fused-ring (bicyclic) bond motifs is 1. The summed E-state index contributed by atoms with van der Waals surface area (Å²) in [4.78, 5) is 18.0. The van der Waals surface area contributed by atoms with E-state index in [0.717, 1.165) is 11.1 Å². The summed E-state index contributed by atoms with van der Waals surface area (Å²) < 4.78 is 31.6. The van der Waals surface area contributed by atoms with Crippen LogP contribution in [-0.4, -0.2) is 34.9 Å². The van der Waals surface area contributed by atoms with Gasteiger partial charge in [-0.1, -0.05) is 24.3 Å². The highest BCUT2D eigenvalue weighted by molar-refractivity contribution is 6.06. The van der Waals surface area contributed by atoms with E-state index >= 15 is 0 Å². The first-order valence-corrected chi connectivity index (χ1v) is 11.8. The van der Waals surface area contributed by atoms with Gasteiger partial charge in [0.2, 0.25) is 5.95 Å². The molecule has 194 valence electrons. The molecule has 3 aromatic carbocycles. The average molecular weight is 516 g/mol. The molecule has 0 fully saturated rings. The fraction of sp³-hybridized carbons (Fsp3) is 0.179. The van der Waals surface area contributed by atoms with E-state index in [2.05, 4.69) is 20.7 Å². The zero-order chi connectivity index (χ0) is 26.6. The van der Waals surface area contributed by atoms with Crippen molar-refractivity contribution >= 4 is 17.5 Å². The van der Waals surface area contributed by atoms with Crippen molar-refractivity contribution in [2.45, 2.75) is 19.6 Å². The molecule has 0 spiro atoms. The van der Waals surface area contributed by atoms with Crippen LogP contribution in [0, 0.1) is 5.82 Å². The minimum absolute atomic E-state index is 0.268. The van der Waals surface area contributed by atoms with Crippen LogP contribution < -0.4 is 24.8 Å². The van der Waals surface area contributed by atoms with Crippen molar-refractivity contribution < 1.29 is 23.4 Å². The van der Waals surface area contributed by atoms with Crippen LogP contribution in [0.4, 0.5) is 16.0 Å². The van der Waals surface area contributed by atoms with E-state index in [0.29, 0.717) is 40.2 Å². The van der Waals surface area contributed by atoms with E-state index in [1.807, 2.05) is 31.2 Å². The Bertz CT molecular complexity index is 1500. The zero-order valence-electron chi connectivity index (χ0n) is 21.1. The molecular formula is C28H26FN5O4. The predicted molar refractivity (Wildman–Crippen MR) is 140 cm³/mol. The van der Waals surface area contributed by atoms with Crippen molar-refractivity contribution in [3.63, 3.8) is 0 Å². The number of amides is 1. The molecule has 1 amide bonds. The van der Waals surface area contributed by atoms with Crippen LogP contribution >= 0.6 is 0 Å². The van der Waals surface area contributed by atoms with Crippen molar-refractivity contribution in [2.75, 3.05) is 24.9 Å². The second kappa shape index (κ2) is 10.6. The summed E-state index contributed by atoms with van der Waals surface area (Å²) >= 11 is 0. The summed E-state index contributed by atoms with van der Waals surface area (Å²) in [6.45, 7) is 2.09. The van der Waals surface area contributed by atoms with Crippen LogP contribution in [-0.2, 0) is 11.4 Å². The lowest BCUT2D eigenvalue weighted by Gasteiger charge is -2.29. The van der Waals surface area contributed by atoms with Gasteiger partial charge in [-0.25, -0.2) is 9.07 Å². The molecule has 0 bridgehead atoms. The van der Waals surface area contributed by atoms with Gasteiger partial charge in [0.1, 0.15) is 42.0 Å². The fourth-order valence-electron chi connectivity index (χ4n) is 4.31. The van der Waals surface area contributed by atoms with E-state index < -0.39 is 6.04 Å². The number of nitrogens with zero attached hydrogens (tertiary/aromatic N) is 3. The van der Waals surface area contributed by atoms with Crippen LogP contribution in [0.2, 0.25) is 0 Å². The molecule has 1 aromatic heterocycles. The van der Waals surface area contributed by atoms with Crippen molar-refractivity contribution in [1.29, 1.82) is 0 Å². The number of hydrogen-bond acceptors (Lipinski definition) is 7. The van der Waals surface area contributed by atoms with Crippen molar-refractivity contribution in [3.8, 4) is 17.2 Å². The number of benzene rings is 3. The number of allylic oxidation sites excluding steroid dienone is 1. The summed E-state index contributed by atoms with van der Waals surface area (Å²) in [6.07, 6.45) is 1.44. The summed E-state index contributed by atoms with van der Waals surface area (Å²) in [7, 11) is 3.09. The number of hydrogen-bond donors (Lipinski definition) is 2. The van der Waals surface area contributed by atoms with Crippen LogP contribution in [0.5, 0.6) is 17.2 Å². The second-order valence-corrected chi connectivity index (χ2v) is 8.60. The molecule has 2 heterocycles. The lowest BCUT2D eigenvalue weighted by molar-refractivity contribution is -0.113. The monoisotopic (exact) mass is 515 g/mol. The van der Waals surface area contributed by atoms with E-state index in [1.165, 1.54) is 25.6 Å². The minimum atomic E-state index is -0.577. The van der Waals surface area contributed by atoms with Crippen molar-refractivity contribution in [3.05, 3.63) is 101 Å². The SMILES string of the molecule is COc1ccc(NC(=O)C2=C(C)Nc3ncnn3[C@H]2c2cccc(OCc3ccc(F)cc3)c2)c(OC)c1. The smallest absolute Gasteiger partial charge is 0.255 e. The quantitative estimate of drug-likeness (QED) is 0.343. The topological polar surface area (TPSA) is 99.5 Å². The fourth-order valence-corrected chi connectivity index (χ4v) is 4.31. The molecule has 0 saturated heterocycles. The van der Waals surface area contributed by atoms with E-state index in [9.17, 15) is 9.18 Å². The van der Waals surface area contributed by atoms with Gasteiger partial charge >= 0.3 is 0 Å². The Balaban J connectivity index is 1.46. The Hall–Kier alpha value is -4.86. The average Bonchev–Trinajstić information content (AvgIpc) is 3.40. The summed E-state index contributed by atoms with van der Waals surface area (Å²) in [6, 6.07) is 18.2. The molecule has 4 aromatic rings. The molecule has 5 rings (SSSR count). The molecule has 0 saturated carbocycles. The third-order valence-corrected chi connectivity index (χ3v) is 6.19. The first-order chi connectivity index (χ1) is 18.5. The largest absolute Gasteiger partial charge is 0.497 e. The normalized spacial score (nSPS) is 14.4. The molecule has 2 N–H and O–H groups in total. The van der Waals surface area contributed by atoms with Crippen molar-refractivity contribution in [1.82, 2.24) is 14.8 Å². The predicted octanol–water partition coefficient (Wildman–Crippen LogP) is 4.94. The number of carbonyl (C=O) groups excluding carboxylic acids is 1. The number of anilines is 2. The zero-order valence-corrected chi connectivity index (χ0v) is 21.1. The van der Waals surface area contributed by atoms with Gasteiger partial charge in [-0.3, -0.25) is 4.79 Å². The number of rotatable bonds is 8. The van der Waals surface area contributed by atoms with Gasteiger partial charge in [-0.05, 0) is 54.4 Å². The lowest BCUT2D eigenvalue weighted by Crippen LogP contribution is -2.31. The Kier molecular flexibility index (Phi) is 6.94. The van der Waals surface area contributed by atoms with Gasteiger partial charge in [0.15, 0.2) is 0 Å². The number of aromatic nitrogens is 3. The van der Waals surface area contributed by atoms with Crippen LogP contribution in [0.1, 0.15) is 24.1 Å². The highest BCUT2D eigenvalue weighted by Gasteiger charge is 2.34. The van der Waals surface area contributed by atoms with Crippen LogP contribution in [0.25, 0.3) is 0 Å². The standard InChI is InChI=1S/C28H26FN5O4/c1-17-25(27(35)33-23-12-11-21(36-2)14-24(23)37-3)26(34-28(32-17)30-16-31-34)19-5-4-6-22(13-19)38-15-18-7-9-20(29)10-8-18/h4-14,16,26H,15H2,1-3H3,(H,33,35)(H,30,31,32)/t26-/m0/s1. The first-order valence-electron chi connectivity index (χ1n) is 11.8. The summed E-state index contributed by atoms with van der Waals surface area (Å²) in [5, 5.41) is 10.5. The molecule has 0 aliphatic carbocycles. The third kappa shape index (κ3) is 5.01. The highest BCUT2D eigenvalue weighted by Crippen LogP contribution is 2.37. The van der Waals surface area contributed by atoms with Crippen LogP contribution in [0.3, 0.4) is 0 Å². The maximum atomic E-state index is 13.7. The Morgan fingerprint density at radius 1 is 1.05 bits per heavy atom. The maximum absolute atomic E-state index is 13.7. The molecule has 1 aliphatic rings. The number of nitrogens with one attached hydrogen (secondary N) is 2. The van der Waals surface area contributed by atoms with Gasteiger partial charge in [0.05, 0.1) is 25.5 Å². The number of halogens is 1. The van der Waals surface area contributed by atoms with Crippen molar-refractivity contribution in [2.24, 2.45) is 0 Å². The summed E-state index contributed by atoms with van der Waals surface area (Å²) in [5.41, 5.74) is 3.20. The molecule has 38 heavy (non-hydrogen) atoms. The molecule has 0 radical (unpaired) electrons. The maximum Gasteiger partial charge on any atom is 0.255 e. The van der Waals surface area contributed by atoms with Gasteiger partial charge < -0.3 is 24.8 Å². The van der Waals surface area contributed by atoms with E-state index in [1.54, 1.807) is 42.1 Å². The lowest BCUT2D eigenvalue weighted by atomic mass is 9.94. The molecule has 9 nitrogen and oxygen atoms in total. The van der Waals surface area contributed by atoms with Gasteiger partial charge in [-0.15, -0.1) is 0 Å². The molecule has 1 atom stereocenters. The molecular weight excluding hydrogens is 489 g/mol. The Morgan fingerprint density at radius 3 is 2.63 bits per heavy atom. The molecule has 0 unspecified atom stereocenters. The van der Waals surface area contributed by atoms with E-state index in [4.69, 9.17) is 14.2 Å². The van der Waals surface area contributed by atoms with Crippen LogP contribution in [0.15, 0.2) is 84.3 Å². The Morgan fingerprint density at radius 2 is 1.87 bits per heavy atom. The number of carbonyl (C=O) groups is 1. The first kappa shape index (κ1) is 24.8. The van der Waals surface area contributed by atoms with E-state index in [-0.39, 0.29) is 18.3 Å². The third-order valence-electron chi connectivity index (χ3n) is 6.19. The van der Waals surface area contributed by atoms with Gasteiger partial charge in [0, 0.05) is 11.8 Å². The summed E-state index contributed by atoms with van der Waals surface area (Å²) in [5.74, 6) is 1.56. The highest BCUT2D eigenvalue weighted by atomic mass is 19.1. The van der Waals surface area contributed by atoms with Gasteiger partial charge in [0.25, 0.3) is 5.91 Å².